The minimum atomic E-state index is -0.110. The zero-order chi connectivity index (χ0) is 21.3. The monoisotopic (exact) mass is 439 g/mol. The van der Waals surface area contributed by atoms with E-state index in [1.807, 2.05) is 74.4 Å². The van der Waals surface area contributed by atoms with E-state index >= 15 is 0 Å². The SMILES string of the molecule is Cc1c(C(=O)N(CCN(C)C)c2nc3ccc(Cl)cc3s2)cnn1-c1ccccc1. The summed E-state index contributed by atoms with van der Waals surface area (Å²) in [4.78, 5) is 22.0. The molecule has 0 atom stereocenters. The quantitative estimate of drug-likeness (QED) is 0.438. The van der Waals surface area contributed by atoms with Crippen LogP contribution >= 0.6 is 22.9 Å². The van der Waals surface area contributed by atoms with Gasteiger partial charge >= 0.3 is 0 Å². The van der Waals surface area contributed by atoms with Crippen LogP contribution in [0.25, 0.3) is 15.9 Å². The number of likely N-dealkylation sites (N-methyl/N-ethyl adjacent to an activating group) is 1. The third-order valence-electron chi connectivity index (χ3n) is 4.83. The first-order chi connectivity index (χ1) is 14.4. The molecule has 1 amide bonds. The van der Waals surface area contributed by atoms with Crippen LogP contribution < -0.4 is 4.90 Å². The fraction of sp³-hybridized carbons (Fsp3) is 0.227. The van der Waals surface area contributed by atoms with Crippen LogP contribution in [0.5, 0.6) is 0 Å². The molecule has 0 aliphatic rings. The molecule has 6 nitrogen and oxygen atoms in total. The van der Waals surface area contributed by atoms with Crippen LogP contribution in [0, 0.1) is 6.92 Å². The second-order valence-electron chi connectivity index (χ2n) is 7.26. The molecule has 0 spiro atoms. The van der Waals surface area contributed by atoms with Crippen molar-refractivity contribution in [2.75, 3.05) is 32.1 Å². The molecule has 0 unspecified atom stereocenters. The van der Waals surface area contributed by atoms with Crippen LogP contribution in [0.3, 0.4) is 0 Å². The molecule has 0 N–H and O–H groups in total. The van der Waals surface area contributed by atoms with Crippen molar-refractivity contribution in [1.29, 1.82) is 0 Å². The number of para-hydroxylation sites is 1. The lowest BCUT2D eigenvalue weighted by Crippen LogP contribution is -2.37. The van der Waals surface area contributed by atoms with Gasteiger partial charge in [-0.3, -0.25) is 9.69 Å². The molecule has 2 aromatic heterocycles. The number of hydrogen-bond acceptors (Lipinski definition) is 5. The van der Waals surface area contributed by atoms with Gasteiger partial charge in [0, 0.05) is 18.1 Å². The third-order valence-corrected chi connectivity index (χ3v) is 6.10. The van der Waals surface area contributed by atoms with Gasteiger partial charge in [0.25, 0.3) is 5.91 Å². The summed E-state index contributed by atoms with van der Waals surface area (Å²) in [7, 11) is 3.97. The summed E-state index contributed by atoms with van der Waals surface area (Å²) < 4.78 is 2.74. The Balaban J connectivity index is 1.72. The Bertz CT molecular complexity index is 1180. The molecular weight excluding hydrogens is 418 g/mol. The van der Waals surface area contributed by atoms with E-state index in [1.165, 1.54) is 11.3 Å². The number of anilines is 1. The van der Waals surface area contributed by atoms with Gasteiger partial charge in [-0.15, -0.1) is 0 Å². The summed E-state index contributed by atoms with van der Waals surface area (Å²) in [5, 5.41) is 5.77. The first kappa shape index (κ1) is 20.5. The van der Waals surface area contributed by atoms with E-state index in [2.05, 4.69) is 5.10 Å². The molecule has 0 bridgehead atoms. The highest BCUT2D eigenvalue weighted by Crippen LogP contribution is 2.32. The molecule has 0 aliphatic carbocycles. The van der Waals surface area contributed by atoms with Gasteiger partial charge in [-0.2, -0.15) is 5.10 Å². The smallest absolute Gasteiger partial charge is 0.263 e. The molecule has 0 aliphatic heterocycles. The molecule has 0 fully saturated rings. The number of thiazole rings is 1. The highest BCUT2D eigenvalue weighted by molar-refractivity contribution is 7.22. The summed E-state index contributed by atoms with van der Waals surface area (Å²) >= 11 is 7.60. The number of fused-ring (bicyclic) bond motifs is 1. The number of carbonyl (C=O) groups is 1. The van der Waals surface area contributed by atoms with E-state index in [0.717, 1.165) is 21.6 Å². The highest BCUT2D eigenvalue weighted by atomic mass is 35.5. The van der Waals surface area contributed by atoms with Gasteiger partial charge in [0.1, 0.15) is 0 Å². The second kappa shape index (κ2) is 8.55. The van der Waals surface area contributed by atoms with Crippen LogP contribution in [0.1, 0.15) is 16.1 Å². The summed E-state index contributed by atoms with van der Waals surface area (Å²) in [6.45, 7) is 3.15. The summed E-state index contributed by atoms with van der Waals surface area (Å²) in [5.74, 6) is -0.110. The molecule has 0 saturated heterocycles. The summed E-state index contributed by atoms with van der Waals surface area (Å²) in [6, 6.07) is 15.4. The van der Waals surface area contributed by atoms with Crippen molar-refractivity contribution >= 4 is 44.2 Å². The Kier molecular flexibility index (Phi) is 5.85. The third kappa shape index (κ3) is 4.09. The maximum atomic E-state index is 13.6. The van der Waals surface area contributed by atoms with Crippen LogP contribution in [-0.2, 0) is 0 Å². The zero-order valence-corrected chi connectivity index (χ0v) is 18.6. The van der Waals surface area contributed by atoms with Crippen LogP contribution in [0.15, 0.2) is 54.7 Å². The largest absolute Gasteiger partial charge is 0.308 e. The first-order valence-electron chi connectivity index (χ1n) is 9.57. The number of benzene rings is 2. The van der Waals surface area contributed by atoms with Gasteiger partial charge in [-0.05, 0) is 51.4 Å². The number of carbonyl (C=O) groups excluding carboxylic acids is 1. The van der Waals surface area contributed by atoms with Crippen molar-refractivity contribution in [2.24, 2.45) is 0 Å². The molecule has 4 aromatic rings. The Morgan fingerprint density at radius 1 is 1.13 bits per heavy atom. The Morgan fingerprint density at radius 2 is 1.90 bits per heavy atom. The van der Waals surface area contributed by atoms with Crippen LogP contribution in [0.2, 0.25) is 5.02 Å². The van der Waals surface area contributed by atoms with Gasteiger partial charge in [-0.1, -0.05) is 41.1 Å². The van der Waals surface area contributed by atoms with E-state index in [9.17, 15) is 4.79 Å². The molecule has 0 saturated carbocycles. The minimum absolute atomic E-state index is 0.110. The van der Waals surface area contributed by atoms with Crippen molar-refractivity contribution in [1.82, 2.24) is 19.7 Å². The molecule has 8 heteroatoms. The lowest BCUT2D eigenvalue weighted by molar-refractivity contribution is 0.0984. The highest BCUT2D eigenvalue weighted by Gasteiger charge is 2.25. The number of halogens is 1. The summed E-state index contributed by atoms with van der Waals surface area (Å²) in [6.07, 6.45) is 1.64. The minimum Gasteiger partial charge on any atom is -0.308 e. The maximum absolute atomic E-state index is 13.6. The normalized spacial score (nSPS) is 11.4. The standard InChI is InChI=1S/C22H22ClN5OS/c1-15-18(14-24-28(15)17-7-5-4-6-8-17)21(29)27(12-11-26(2)3)22-25-19-10-9-16(23)13-20(19)30-22/h4-10,13-14H,11-12H2,1-3H3. The lowest BCUT2D eigenvalue weighted by atomic mass is 10.2. The van der Waals surface area contributed by atoms with Gasteiger partial charge < -0.3 is 4.90 Å². The molecule has 154 valence electrons. The lowest BCUT2D eigenvalue weighted by Gasteiger charge is -2.21. The summed E-state index contributed by atoms with van der Waals surface area (Å²) in [5.41, 5.74) is 3.11. The fourth-order valence-electron chi connectivity index (χ4n) is 3.18. The van der Waals surface area contributed by atoms with E-state index in [-0.39, 0.29) is 5.91 Å². The topological polar surface area (TPSA) is 54.3 Å². The Labute approximate surface area is 184 Å². The zero-order valence-electron chi connectivity index (χ0n) is 17.0. The van der Waals surface area contributed by atoms with E-state index in [4.69, 9.17) is 16.6 Å². The average Bonchev–Trinajstić information content (AvgIpc) is 3.31. The molecule has 4 rings (SSSR count). The molecular formula is C22H22ClN5OS. The van der Waals surface area contributed by atoms with Crippen molar-refractivity contribution in [2.45, 2.75) is 6.92 Å². The van der Waals surface area contributed by atoms with Crippen LogP contribution in [-0.4, -0.2) is 52.8 Å². The van der Waals surface area contributed by atoms with Crippen molar-refractivity contribution < 1.29 is 4.79 Å². The maximum Gasteiger partial charge on any atom is 0.263 e. The average molecular weight is 440 g/mol. The van der Waals surface area contributed by atoms with Crippen molar-refractivity contribution in [3.05, 3.63) is 71.0 Å². The van der Waals surface area contributed by atoms with Gasteiger partial charge in [0.2, 0.25) is 0 Å². The number of amides is 1. The van der Waals surface area contributed by atoms with Gasteiger partial charge in [0.05, 0.1) is 33.4 Å². The fourth-order valence-corrected chi connectivity index (χ4v) is 4.45. The Hall–Kier alpha value is -2.74. The van der Waals surface area contributed by atoms with Gasteiger partial charge in [0.15, 0.2) is 5.13 Å². The van der Waals surface area contributed by atoms with E-state index in [0.29, 0.717) is 28.8 Å². The van der Waals surface area contributed by atoms with Crippen molar-refractivity contribution in [3.63, 3.8) is 0 Å². The Morgan fingerprint density at radius 3 is 2.63 bits per heavy atom. The predicted molar refractivity (Wildman–Crippen MR) is 123 cm³/mol. The second-order valence-corrected chi connectivity index (χ2v) is 8.71. The number of aromatic nitrogens is 3. The number of rotatable bonds is 6. The molecule has 0 radical (unpaired) electrons. The number of hydrogen-bond donors (Lipinski definition) is 0. The van der Waals surface area contributed by atoms with E-state index < -0.39 is 0 Å². The molecule has 30 heavy (non-hydrogen) atoms. The molecule has 2 heterocycles. The van der Waals surface area contributed by atoms with Gasteiger partial charge in [-0.25, -0.2) is 9.67 Å². The predicted octanol–water partition coefficient (Wildman–Crippen LogP) is 4.65. The van der Waals surface area contributed by atoms with E-state index in [1.54, 1.807) is 15.8 Å². The molecule has 2 aromatic carbocycles. The first-order valence-corrected chi connectivity index (χ1v) is 10.8. The van der Waals surface area contributed by atoms with Crippen LogP contribution in [0.4, 0.5) is 5.13 Å². The number of nitrogens with zero attached hydrogens (tertiary/aromatic N) is 5. The van der Waals surface area contributed by atoms with Crippen molar-refractivity contribution in [3.8, 4) is 5.69 Å².